The Balaban J connectivity index is 3.51. The second-order valence-electron chi connectivity index (χ2n) is 4.36. The van der Waals surface area contributed by atoms with Gasteiger partial charge in [0.15, 0.2) is 5.60 Å². The van der Waals surface area contributed by atoms with Gasteiger partial charge in [-0.25, -0.2) is 0 Å². The Morgan fingerprint density at radius 1 is 1.56 bits per heavy atom. The van der Waals surface area contributed by atoms with Crippen molar-refractivity contribution in [3.05, 3.63) is 23.5 Å². The number of ether oxygens (including phenoxy) is 2. The predicted octanol–water partition coefficient (Wildman–Crippen LogP) is 2.89. The van der Waals surface area contributed by atoms with Crippen LogP contribution in [0.4, 0.5) is 0 Å². The first-order chi connectivity index (χ1) is 8.44. The molecule has 0 aromatic heterocycles. The highest BCUT2D eigenvalue weighted by molar-refractivity contribution is 8.11. The van der Waals surface area contributed by atoms with Crippen LogP contribution >= 0.6 is 24.8 Å². The number of nitrogens with zero attached hydrogens (tertiary/aromatic N) is 1. The molecule has 1 aliphatic rings. The van der Waals surface area contributed by atoms with Crippen LogP contribution in [0.25, 0.3) is 0 Å². The van der Waals surface area contributed by atoms with Gasteiger partial charge >= 0.3 is 0 Å². The van der Waals surface area contributed by atoms with E-state index in [4.69, 9.17) is 21.7 Å². The highest BCUT2D eigenvalue weighted by atomic mass is 32.1. The minimum atomic E-state index is -1.13. The van der Waals surface area contributed by atoms with E-state index in [1.165, 1.54) is 7.11 Å². The number of rotatable bonds is 4. The molecule has 1 rings (SSSR count). The van der Waals surface area contributed by atoms with Crippen molar-refractivity contribution >= 4 is 29.0 Å². The number of thiol groups is 1. The van der Waals surface area contributed by atoms with E-state index in [1.807, 2.05) is 26.0 Å². The fourth-order valence-corrected chi connectivity index (χ4v) is 2.83. The Morgan fingerprint density at radius 2 is 2.17 bits per heavy atom. The van der Waals surface area contributed by atoms with E-state index in [0.717, 1.165) is 5.57 Å². The van der Waals surface area contributed by atoms with Crippen molar-refractivity contribution in [2.45, 2.75) is 19.4 Å². The van der Waals surface area contributed by atoms with Gasteiger partial charge < -0.3 is 9.47 Å². The van der Waals surface area contributed by atoms with E-state index in [2.05, 4.69) is 18.7 Å². The first-order valence-electron chi connectivity index (χ1n) is 5.60. The van der Waals surface area contributed by atoms with Gasteiger partial charge in [-0.15, -0.1) is 12.6 Å². The van der Waals surface area contributed by atoms with Gasteiger partial charge in [0, 0.05) is 12.7 Å². The van der Waals surface area contributed by atoms with E-state index >= 15 is 0 Å². The Kier molecular flexibility index (Phi) is 4.97. The van der Waals surface area contributed by atoms with Crippen LogP contribution in [0.5, 0.6) is 0 Å². The zero-order valence-electron chi connectivity index (χ0n) is 10.9. The van der Waals surface area contributed by atoms with E-state index < -0.39 is 5.60 Å². The summed E-state index contributed by atoms with van der Waals surface area (Å²) < 4.78 is 11.3. The van der Waals surface area contributed by atoms with Crippen molar-refractivity contribution in [2.24, 2.45) is 11.8 Å². The smallest absolute Gasteiger partial charge is 0.190 e. The Morgan fingerprint density at radius 3 is 2.50 bits per heavy atom. The van der Waals surface area contributed by atoms with Crippen molar-refractivity contribution < 1.29 is 9.47 Å². The maximum absolute atomic E-state index is 9.60. The number of allylic oxidation sites excluding steroid dienone is 1. The van der Waals surface area contributed by atoms with Gasteiger partial charge in [0.05, 0.1) is 17.2 Å². The lowest BCUT2D eigenvalue weighted by Crippen LogP contribution is -2.46. The van der Waals surface area contributed by atoms with Gasteiger partial charge in [0.25, 0.3) is 0 Å². The van der Waals surface area contributed by atoms with E-state index in [-0.39, 0.29) is 11.8 Å². The molecule has 18 heavy (non-hydrogen) atoms. The number of nitriles is 1. The first kappa shape index (κ1) is 15.2. The molecule has 0 saturated carbocycles. The molecule has 3 nitrogen and oxygen atoms in total. The van der Waals surface area contributed by atoms with Crippen molar-refractivity contribution in [3.63, 3.8) is 0 Å². The summed E-state index contributed by atoms with van der Waals surface area (Å²) in [4.78, 5) is 0. The maximum Gasteiger partial charge on any atom is 0.190 e. The van der Waals surface area contributed by atoms with Gasteiger partial charge in [-0.1, -0.05) is 32.1 Å². The van der Waals surface area contributed by atoms with E-state index in [9.17, 15) is 5.26 Å². The molecular weight excluding hydrogens is 266 g/mol. The van der Waals surface area contributed by atoms with Gasteiger partial charge in [-0.3, -0.25) is 0 Å². The number of hydrogen-bond donors (Lipinski definition) is 1. The zero-order chi connectivity index (χ0) is 13.9. The topological polar surface area (TPSA) is 42.2 Å². The Labute approximate surface area is 119 Å². The summed E-state index contributed by atoms with van der Waals surface area (Å²) in [5.74, 6) is 0.408. The van der Waals surface area contributed by atoms with Crippen LogP contribution in [-0.2, 0) is 9.47 Å². The molecule has 0 heterocycles. The number of hydrogen-bond acceptors (Lipinski definition) is 4. The molecule has 0 aliphatic heterocycles. The molecule has 2 unspecified atom stereocenters. The van der Waals surface area contributed by atoms with Crippen molar-refractivity contribution in [1.29, 1.82) is 5.26 Å². The summed E-state index contributed by atoms with van der Waals surface area (Å²) in [7, 11) is 3.09. The molecule has 0 spiro atoms. The van der Waals surface area contributed by atoms with Crippen molar-refractivity contribution in [2.75, 3.05) is 14.2 Å². The molecule has 0 bridgehead atoms. The number of thiocarbonyl (C=S) groups is 1. The monoisotopic (exact) mass is 283 g/mol. The number of methoxy groups -OCH3 is 2. The third-order valence-corrected chi connectivity index (χ3v) is 3.63. The van der Waals surface area contributed by atoms with Crippen LogP contribution in [0.1, 0.15) is 13.8 Å². The van der Waals surface area contributed by atoms with Crippen LogP contribution in [0, 0.1) is 23.2 Å². The standard InChI is InChI=1S/C13H17NO2S2/c1-8(2)11-10(15-3)6-5-9(12(17)18)13(11,7-14)16-4/h5-6,8-9H,1-4H3,(H,17,18). The van der Waals surface area contributed by atoms with Gasteiger partial charge in [-0.05, 0) is 12.0 Å². The summed E-state index contributed by atoms with van der Waals surface area (Å²) >= 11 is 9.35. The highest BCUT2D eigenvalue weighted by Crippen LogP contribution is 2.41. The second-order valence-corrected chi connectivity index (χ2v) is 5.59. The second kappa shape index (κ2) is 5.87. The van der Waals surface area contributed by atoms with Crippen molar-refractivity contribution in [3.8, 4) is 6.07 Å². The molecule has 98 valence electrons. The summed E-state index contributed by atoms with van der Waals surface area (Å²) in [5, 5.41) is 9.60. The molecular formula is C13H17NO2S2. The lowest BCUT2D eigenvalue weighted by atomic mass is 9.74. The lowest BCUT2D eigenvalue weighted by molar-refractivity contribution is 0.0418. The minimum Gasteiger partial charge on any atom is -0.497 e. The molecule has 1 aliphatic carbocycles. The van der Waals surface area contributed by atoms with Crippen LogP contribution in [-0.4, -0.2) is 24.0 Å². The third-order valence-electron chi connectivity index (χ3n) is 3.09. The van der Waals surface area contributed by atoms with Crippen molar-refractivity contribution in [1.82, 2.24) is 0 Å². The molecule has 0 fully saturated rings. The normalized spacial score (nSPS) is 27.3. The molecule has 0 aromatic carbocycles. The molecule has 0 amide bonds. The Bertz CT molecular complexity index is 448. The minimum absolute atomic E-state index is 0.106. The lowest BCUT2D eigenvalue weighted by Gasteiger charge is -2.38. The molecule has 0 aromatic rings. The summed E-state index contributed by atoms with van der Waals surface area (Å²) in [6.45, 7) is 3.99. The summed E-state index contributed by atoms with van der Waals surface area (Å²) in [6, 6.07) is 2.25. The molecule has 0 saturated heterocycles. The fourth-order valence-electron chi connectivity index (χ4n) is 2.32. The maximum atomic E-state index is 9.60. The van der Waals surface area contributed by atoms with Gasteiger partial charge in [0.2, 0.25) is 0 Å². The third kappa shape index (κ3) is 2.33. The van der Waals surface area contributed by atoms with Crippen LogP contribution in [0.3, 0.4) is 0 Å². The van der Waals surface area contributed by atoms with Crippen LogP contribution < -0.4 is 0 Å². The van der Waals surface area contributed by atoms with Crippen LogP contribution in [0.2, 0.25) is 0 Å². The van der Waals surface area contributed by atoms with Crippen LogP contribution in [0.15, 0.2) is 23.5 Å². The zero-order valence-corrected chi connectivity index (χ0v) is 12.6. The summed E-state index contributed by atoms with van der Waals surface area (Å²) in [5.41, 5.74) is -0.327. The molecule has 5 heteroatoms. The van der Waals surface area contributed by atoms with Gasteiger partial charge in [0.1, 0.15) is 11.8 Å². The quantitative estimate of drug-likeness (QED) is 0.636. The Hall–Kier alpha value is -0.830. The molecule has 0 N–H and O–H groups in total. The summed E-state index contributed by atoms with van der Waals surface area (Å²) in [6.07, 6.45) is 3.64. The predicted molar refractivity (Wildman–Crippen MR) is 78.4 cm³/mol. The average Bonchev–Trinajstić information content (AvgIpc) is 2.35. The average molecular weight is 283 g/mol. The van der Waals surface area contributed by atoms with E-state index in [1.54, 1.807) is 7.11 Å². The molecule has 0 radical (unpaired) electrons. The van der Waals surface area contributed by atoms with Gasteiger partial charge in [-0.2, -0.15) is 5.26 Å². The molecule has 2 atom stereocenters. The fraction of sp³-hybridized carbons (Fsp3) is 0.538. The highest BCUT2D eigenvalue weighted by Gasteiger charge is 2.48. The SMILES string of the molecule is COC1=C(C(C)C)C(C#N)(OC)C(C(=S)S)C=C1. The van der Waals surface area contributed by atoms with E-state index in [0.29, 0.717) is 9.96 Å². The largest absolute Gasteiger partial charge is 0.497 e. The first-order valence-corrected chi connectivity index (χ1v) is 6.46.